The van der Waals surface area contributed by atoms with E-state index in [2.05, 4.69) is 0 Å². The van der Waals surface area contributed by atoms with Crippen LogP contribution in [0.5, 0.6) is 0 Å². The molecule has 11 nitrogen and oxygen atoms in total. The summed E-state index contributed by atoms with van der Waals surface area (Å²) < 4.78 is 0. The molecule has 17 heavy (non-hydrogen) atoms. The van der Waals surface area contributed by atoms with Crippen molar-refractivity contribution in [1.82, 2.24) is 0 Å². The van der Waals surface area contributed by atoms with Crippen LogP contribution in [0.3, 0.4) is 0 Å². The van der Waals surface area contributed by atoms with Gasteiger partial charge in [-0.25, -0.2) is 10.1 Å². The molecule has 0 saturated heterocycles. The van der Waals surface area contributed by atoms with Gasteiger partial charge >= 0.3 is 11.4 Å². The summed E-state index contributed by atoms with van der Waals surface area (Å²) in [4.78, 5) is 29.5. The Bertz CT molecular complexity index is 502. The number of anilines is 1. The standard InChI is InChI=1S/C6H5N5O6/c7-8(11(16)17)4-2-1-3-5(9(12)13)6(4)10(14)15/h1-3H,7H2. The maximum Gasteiger partial charge on any atom is 0.376 e. The molecule has 1 rings (SSSR count). The highest BCUT2D eigenvalue weighted by Crippen LogP contribution is 2.35. The molecule has 0 aliphatic carbocycles. The molecule has 0 saturated carbocycles. The zero-order valence-electron chi connectivity index (χ0n) is 8.05. The minimum absolute atomic E-state index is 0.148. The van der Waals surface area contributed by atoms with Crippen LogP contribution in [0.25, 0.3) is 0 Å². The molecule has 0 heterocycles. The molecular weight excluding hydrogens is 238 g/mol. The molecule has 0 radical (unpaired) electrons. The quantitative estimate of drug-likeness (QED) is 0.451. The molecule has 0 bridgehead atoms. The number of rotatable bonds is 4. The molecule has 0 spiro atoms. The summed E-state index contributed by atoms with van der Waals surface area (Å²) in [5, 5.41) is 30.3. The molecule has 11 heteroatoms. The molecule has 0 atom stereocenters. The lowest BCUT2D eigenvalue weighted by Crippen LogP contribution is -2.37. The van der Waals surface area contributed by atoms with Crippen molar-refractivity contribution in [2.24, 2.45) is 5.84 Å². The fraction of sp³-hybridized carbons (Fsp3) is 0. The zero-order chi connectivity index (χ0) is 13.2. The SMILES string of the molecule is NN(c1cccc([N+](=O)[O-])c1[N+](=O)[O-])[N+](=O)[O-]. The Hall–Kier alpha value is -2.82. The molecule has 0 amide bonds. The van der Waals surface area contributed by atoms with Gasteiger partial charge in [0.2, 0.25) is 5.69 Å². The fourth-order valence-electron chi connectivity index (χ4n) is 1.13. The molecule has 0 aliphatic heterocycles. The van der Waals surface area contributed by atoms with Gasteiger partial charge in [-0.3, -0.25) is 20.2 Å². The summed E-state index contributed by atoms with van der Waals surface area (Å²) >= 11 is 0. The first-order valence-electron chi connectivity index (χ1n) is 3.97. The minimum Gasteiger partial charge on any atom is -0.258 e. The van der Waals surface area contributed by atoms with Crippen LogP contribution in [-0.4, -0.2) is 14.9 Å². The molecule has 0 unspecified atom stereocenters. The van der Waals surface area contributed by atoms with Gasteiger partial charge in [-0.05, 0) is 11.2 Å². The molecule has 1 aromatic carbocycles. The number of hydrogen-bond acceptors (Lipinski definition) is 7. The highest BCUT2D eigenvalue weighted by atomic mass is 16.7. The first-order valence-corrected chi connectivity index (χ1v) is 3.97. The molecule has 0 aliphatic rings. The lowest BCUT2D eigenvalue weighted by molar-refractivity contribution is -0.498. The van der Waals surface area contributed by atoms with Gasteiger partial charge in [-0.2, -0.15) is 5.84 Å². The second-order valence-electron chi connectivity index (χ2n) is 2.74. The summed E-state index contributed by atoms with van der Waals surface area (Å²) in [6, 6.07) is 2.85. The summed E-state index contributed by atoms with van der Waals surface area (Å²) in [6.07, 6.45) is 0. The Kier molecular flexibility index (Phi) is 3.14. The number of para-hydroxylation sites is 1. The third-order valence-corrected chi connectivity index (χ3v) is 1.80. The fourth-order valence-corrected chi connectivity index (χ4v) is 1.13. The predicted molar refractivity (Wildman–Crippen MR) is 53.4 cm³/mol. The smallest absolute Gasteiger partial charge is 0.258 e. The van der Waals surface area contributed by atoms with Gasteiger partial charge in [0.25, 0.3) is 0 Å². The van der Waals surface area contributed by atoms with Crippen molar-refractivity contribution in [3.05, 3.63) is 48.5 Å². The molecular formula is C6H5N5O6. The van der Waals surface area contributed by atoms with Crippen LogP contribution < -0.4 is 11.0 Å². The van der Waals surface area contributed by atoms with Crippen molar-refractivity contribution in [3.8, 4) is 0 Å². The van der Waals surface area contributed by atoms with Gasteiger partial charge in [0.15, 0.2) is 5.03 Å². The predicted octanol–water partition coefficient (Wildman–Crippen LogP) is 0.375. The summed E-state index contributed by atoms with van der Waals surface area (Å²) in [6.45, 7) is 0. The number of nitro groups is 3. The van der Waals surface area contributed by atoms with Gasteiger partial charge in [0.05, 0.1) is 9.85 Å². The Morgan fingerprint density at radius 3 is 2.06 bits per heavy atom. The van der Waals surface area contributed by atoms with E-state index in [4.69, 9.17) is 5.84 Å². The van der Waals surface area contributed by atoms with E-state index in [1.807, 2.05) is 0 Å². The first kappa shape index (κ1) is 12.3. The van der Waals surface area contributed by atoms with Crippen LogP contribution in [0.15, 0.2) is 18.2 Å². The first-order chi connectivity index (χ1) is 7.86. The highest BCUT2D eigenvalue weighted by Gasteiger charge is 2.33. The number of benzene rings is 1. The van der Waals surface area contributed by atoms with Gasteiger partial charge < -0.3 is 0 Å². The van der Waals surface area contributed by atoms with Gasteiger partial charge in [0, 0.05) is 6.07 Å². The number of nitrogens with two attached hydrogens (primary N) is 1. The van der Waals surface area contributed by atoms with Crippen molar-refractivity contribution in [2.45, 2.75) is 0 Å². The Morgan fingerprint density at radius 1 is 1.06 bits per heavy atom. The Labute approximate surface area is 92.4 Å². The summed E-state index contributed by atoms with van der Waals surface area (Å²) in [5.41, 5.74) is -2.57. The summed E-state index contributed by atoms with van der Waals surface area (Å²) in [5.74, 6) is 4.95. The van der Waals surface area contributed by atoms with Crippen molar-refractivity contribution in [2.75, 3.05) is 5.12 Å². The number of hydrogen-bond donors (Lipinski definition) is 1. The van der Waals surface area contributed by atoms with E-state index in [1.54, 1.807) is 0 Å². The Morgan fingerprint density at radius 2 is 1.65 bits per heavy atom. The zero-order valence-corrected chi connectivity index (χ0v) is 8.05. The minimum atomic E-state index is -1.13. The average Bonchev–Trinajstić information content (AvgIpc) is 2.26. The van der Waals surface area contributed by atoms with Crippen LogP contribution in [0.4, 0.5) is 17.1 Å². The van der Waals surface area contributed by atoms with E-state index in [0.29, 0.717) is 0 Å². The van der Waals surface area contributed by atoms with Crippen LogP contribution in [0.1, 0.15) is 0 Å². The number of nitro benzene ring substituents is 2. The monoisotopic (exact) mass is 243 g/mol. The highest BCUT2D eigenvalue weighted by molar-refractivity contribution is 5.71. The van der Waals surface area contributed by atoms with Crippen LogP contribution in [0, 0.1) is 30.3 Å². The third-order valence-electron chi connectivity index (χ3n) is 1.80. The van der Waals surface area contributed by atoms with Crippen LogP contribution >= 0.6 is 0 Å². The van der Waals surface area contributed by atoms with Gasteiger partial charge in [-0.15, -0.1) is 0 Å². The molecule has 2 N–H and O–H groups in total. The van der Waals surface area contributed by atoms with Crippen molar-refractivity contribution < 1.29 is 14.9 Å². The van der Waals surface area contributed by atoms with Crippen LogP contribution in [0.2, 0.25) is 0 Å². The third kappa shape index (κ3) is 2.23. The van der Waals surface area contributed by atoms with Gasteiger partial charge in [-0.1, -0.05) is 6.07 Å². The van der Waals surface area contributed by atoms with Gasteiger partial charge in [0.1, 0.15) is 0 Å². The second-order valence-corrected chi connectivity index (χ2v) is 2.74. The van der Waals surface area contributed by atoms with E-state index in [0.717, 1.165) is 18.2 Å². The second kappa shape index (κ2) is 4.36. The van der Waals surface area contributed by atoms with E-state index in [9.17, 15) is 30.3 Å². The maximum atomic E-state index is 10.7. The van der Waals surface area contributed by atoms with E-state index in [1.165, 1.54) is 0 Å². The lowest BCUT2D eigenvalue weighted by atomic mass is 10.2. The molecule has 0 aromatic heterocycles. The molecule has 90 valence electrons. The van der Waals surface area contributed by atoms with E-state index in [-0.39, 0.29) is 5.12 Å². The lowest BCUT2D eigenvalue weighted by Gasteiger charge is -2.07. The van der Waals surface area contributed by atoms with E-state index >= 15 is 0 Å². The summed E-state index contributed by atoms with van der Waals surface area (Å²) in [7, 11) is 0. The molecule has 1 aromatic rings. The largest absolute Gasteiger partial charge is 0.376 e. The normalized spacial score (nSPS) is 9.71. The maximum absolute atomic E-state index is 10.7. The van der Waals surface area contributed by atoms with E-state index < -0.39 is 31.9 Å². The average molecular weight is 243 g/mol. The number of hydrazine groups is 2. The number of nitrogens with zero attached hydrogens (tertiary/aromatic N) is 4. The van der Waals surface area contributed by atoms with Crippen LogP contribution in [-0.2, 0) is 0 Å². The van der Waals surface area contributed by atoms with Crippen molar-refractivity contribution >= 4 is 17.1 Å². The van der Waals surface area contributed by atoms with Crippen molar-refractivity contribution in [1.29, 1.82) is 0 Å². The Balaban J connectivity index is 3.50. The van der Waals surface area contributed by atoms with Crippen molar-refractivity contribution in [3.63, 3.8) is 0 Å². The molecule has 0 fully saturated rings. The topological polar surface area (TPSA) is 159 Å².